The van der Waals surface area contributed by atoms with E-state index in [2.05, 4.69) is 27.7 Å². The van der Waals surface area contributed by atoms with E-state index in [-0.39, 0.29) is 0 Å². The molecule has 0 unspecified atom stereocenters. The molecule has 0 heterocycles. The molecule has 0 amide bonds. The molecule has 0 rings (SSSR count). The van der Waals surface area contributed by atoms with Gasteiger partial charge in [0.25, 0.3) is 0 Å². The first-order valence-electron chi connectivity index (χ1n) is 3.99. The van der Waals surface area contributed by atoms with E-state index in [1.54, 1.807) is 0 Å². The van der Waals surface area contributed by atoms with Crippen molar-refractivity contribution in [3.8, 4) is 0 Å². The van der Waals surface area contributed by atoms with Gasteiger partial charge in [0.05, 0.1) is 6.61 Å². The van der Waals surface area contributed by atoms with Gasteiger partial charge in [0.15, 0.2) is 0 Å². The lowest BCUT2D eigenvalue weighted by Gasteiger charge is -2.16. The largest absolute Gasteiger partial charge is 0.376 e. The standard InChI is InChI=1S/C9H19O/c1-5-7-10-8-6-9(2,3)4/h8H,5-7H2,1-4H3. The second-order valence-electron chi connectivity index (χ2n) is 3.80. The van der Waals surface area contributed by atoms with Crippen LogP contribution in [-0.4, -0.2) is 6.61 Å². The Bertz CT molecular complexity index is 71.3. The van der Waals surface area contributed by atoms with Crippen molar-refractivity contribution in [1.82, 2.24) is 0 Å². The molecular weight excluding hydrogens is 124 g/mol. The predicted octanol–water partition coefficient (Wildman–Crippen LogP) is 3.01. The summed E-state index contributed by atoms with van der Waals surface area (Å²) >= 11 is 0. The van der Waals surface area contributed by atoms with Gasteiger partial charge in [-0.1, -0.05) is 27.7 Å². The minimum absolute atomic E-state index is 0.369. The van der Waals surface area contributed by atoms with E-state index in [1.165, 1.54) is 0 Å². The van der Waals surface area contributed by atoms with Crippen molar-refractivity contribution >= 4 is 0 Å². The van der Waals surface area contributed by atoms with Gasteiger partial charge < -0.3 is 4.74 Å². The zero-order chi connectivity index (χ0) is 8.04. The molecule has 0 aliphatic heterocycles. The molecular formula is C9H19O. The van der Waals surface area contributed by atoms with Gasteiger partial charge in [0.1, 0.15) is 0 Å². The zero-order valence-electron chi connectivity index (χ0n) is 7.61. The van der Waals surface area contributed by atoms with Gasteiger partial charge in [-0.3, -0.25) is 0 Å². The van der Waals surface area contributed by atoms with Crippen LogP contribution in [-0.2, 0) is 4.74 Å². The summed E-state index contributed by atoms with van der Waals surface area (Å²) in [5.74, 6) is 0. The fourth-order valence-corrected chi connectivity index (χ4v) is 0.510. The topological polar surface area (TPSA) is 9.23 Å². The summed E-state index contributed by atoms with van der Waals surface area (Å²) < 4.78 is 5.23. The Morgan fingerprint density at radius 1 is 1.30 bits per heavy atom. The molecule has 61 valence electrons. The molecule has 1 heteroatoms. The Morgan fingerprint density at radius 3 is 2.30 bits per heavy atom. The molecule has 0 atom stereocenters. The van der Waals surface area contributed by atoms with E-state index in [0.717, 1.165) is 19.4 Å². The smallest absolute Gasteiger partial charge is 0.0841 e. The maximum Gasteiger partial charge on any atom is 0.0841 e. The van der Waals surface area contributed by atoms with Crippen molar-refractivity contribution in [2.45, 2.75) is 40.5 Å². The van der Waals surface area contributed by atoms with Crippen LogP contribution in [0.2, 0.25) is 0 Å². The highest BCUT2D eigenvalue weighted by Crippen LogP contribution is 2.19. The third-order valence-corrected chi connectivity index (χ3v) is 1.14. The Labute approximate surface area is 64.8 Å². The molecule has 1 radical (unpaired) electrons. The Hall–Kier alpha value is -0.0400. The summed E-state index contributed by atoms with van der Waals surface area (Å²) in [6.07, 6.45) is 2.13. The lowest BCUT2D eigenvalue weighted by Crippen LogP contribution is -2.06. The van der Waals surface area contributed by atoms with E-state index in [0.29, 0.717) is 5.41 Å². The van der Waals surface area contributed by atoms with Crippen LogP contribution in [0.3, 0.4) is 0 Å². The first-order valence-corrected chi connectivity index (χ1v) is 3.99. The van der Waals surface area contributed by atoms with Gasteiger partial charge in [-0.25, -0.2) is 0 Å². The number of hydrogen-bond acceptors (Lipinski definition) is 1. The fourth-order valence-electron chi connectivity index (χ4n) is 0.510. The summed E-state index contributed by atoms with van der Waals surface area (Å²) in [4.78, 5) is 0. The van der Waals surface area contributed by atoms with Crippen molar-refractivity contribution in [2.75, 3.05) is 6.61 Å². The summed E-state index contributed by atoms with van der Waals surface area (Å²) in [6, 6.07) is 0. The normalized spacial score (nSPS) is 12.0. The second-order valence-corrected chi connectivity index (χ2v) is 3.80. The van der Waals surface area contributed by atoms with Crippen molar-refractivity contribution in [3.05, 3.63) is 6.61 Å². The van der Waals surface area contributed by atoms with Gasteiger partial charge in [0.2, 0.25) is 0 Å². The maximum absolute atomic E-state index is 5.23. The summed E-state index contributed by atoms with van der Waals surface area (Å²) in [5, 5.41) is 0. The summed E-state index contributed by atoms with van der Waals surface area (Å²) in [7, 11) is 0. The molecule has 10 heavy (non-hydrogen) atoms. The second kappa shape index (κ2) is 4.73. The summed E-state index contributed by atoms with van der Waals surface area (Å²) in [5.41, 5.74) is 0.369. The number of rotatable bonds is 4. The van der Waals surface area contributed by atoms with E-state index in [1.807, 2.05) is 6.61 Å². The average Bonchev–Trinajstić information content (AvgIpc) is 1.78. The highest BCUT2D eigenvalue weighted by molar-refractivity contribution is 4.66. The van der Waals surface area contributed by atoms with Crippen molar-refractivity contribution < 1.29 is 4.74 Å². The van der Waals surface area contributed by atoms with Crippen LogP contribution in [0.4, 0.5) is 0 Å². The van der Waals surface area contributed by atoms with Gasteiger partial charge in [-0.15, -0.1) is 0 Å². The molecule has 0 spiro atoms. The molecule has 0 saturated carbocycles. The van der Waals surface area contributed by atoms with E-state index in [4.69, 9.17) is 4.74 Å². The monoisotopic (exact) mass is 143 g/mol. The van der Waals surface area contributed by atoms with Gasteiger partial charge in [-0.2, -0.15) is 0 Å². The van der Waals surface area contributed by atoms with Crippen LogP contribution in [0.5, 0.6) is 0 Å². The Morgan fingerprint density at radius 2 is 1.90 bits per heavy atom. The Balaban J connectivity index is 3.04. The molecule has 0 saturated heterocycles. The Kier molecular flexibility index (Phi) is 4.71. The zero-order valence-corrected chi connectivity index (χ0v) is 7.61. The van der Waals surface area contributed by atoms with E-state index in [9.17, 15) is 0 Å². The number of hydrogen-bond donors (Lipinski definition) is 0. The van der Waals surface area contributed by atoms with Crippen LogP contribution in [0.1, 0.15) is 40.5 Å². The minimum atomic E-state index is 0.369. The van der Waals surface area contributed by atoms with E-state index < -0.39 is 0 Å². The van der Waals surface area contributed by atoms with Crippen LogP contribution >= 0.6 is 0 Å². The highest BCUT2D eigenvalue weighted by Gasteiger charge is 2.08. The lowest BCUT2D eigenvalue weighted by molar-refractivity contribution is 0.169. The molecule has 0 aromatic rings. The molecule has 0 aliphatic rings. The third-order valence-electron chi connectivity index (χ3n) is 1.14. The lowest BCUT2D eigenvalue weighted by atomic mass is 9.93. The van der Waals surface area contributed by atoms with E-state index >= 15 is 0 Å². The molecule has 0 aromatic heterocycles. The van der Waals surface area contributed by atoms with Crippen LogP contribution in [0, 0.1) is 12.0 Å². The quantitative estimate of drug-likeness (QED) is 0.550. The third kappa shape index (κ3) is 7.96. The van der Waals surface area contributed by atoms with Crippen LogP contribution in [0.15, 0.2) is 0 Å². The van der Waals surface area contributed by atoms with Crippen molar-refractivity contribution in [3.63, 3.8) is 0 Å². The first kappa shape index (κ1) is 9.96. The highest BCUT2D eigenvalue weighted by atomic mass is 16.5. The van der Waals surface area contributed by atoms with Crippen molar-refractivity contribution in [1.29, 1.82) is 0 Å². The average molecular weight is 143 g/mol. The molecule has 1 nitrogen and oxygen atoms in total. The van der Waals surface area contributed by atoms with Gasteiger partial charge >= 0.3 is 0 Å². The molecule has 0 bridgehead atoms. The van der Waals surface area contributed by atoms with Gasteiger partial charge in [0, 0.05) is 6.61 Å². The van der Waals surface area contributed by atoms with Crippen LogP contribution < -0.4 is 0 Å². The minimum Gasteiger partial charge on any atom is -0.376 e. The SMILES string of the molecule is CCCO[CH]CC(C)(C)C. The fraction of sp³-hybridized carbons (Fsp3) is 0.889. The predicted molar refractivity (Wildman–Crippen MR) is 44.6 cm³/mol. The molecule has 0 N–H and O–H groups in total. The maximum atomic E-state index is 5.23. The summed E-state index contributed by atoms with van der Waals surface area (Å²) in [6.45, 7) is 11.5. The number of ether oxygens (including phenoxy) is 1. The van der Waals surface area contributed by atoms with Crippen molar-refractivity contribution in [2.24, 2.45) is 5.41 Å². The van der Waals surface area contributed by atoms with Gasteiger partial charge in [-0.05, 0) is 18.3 Å². The molecule has 0 fully saturated rings. The molecule has 0 aliphatic carbocycles. The van der Waals surface area contributed by atoms with Crippen LogP contribution in [0.25, 0.3) is 0 Å². The first-order chi connectivity index (χ1) is 4.56. The molecule has 0 aromatic carbocycles.